The Bertz CT molecular complexity index is 1260. The third kappa shape index (κ3) is 8.36. The van der Waals surface area contributed by atoms with Crippen LogP contribution in [-0.4, -0.2) is 58.8 Å². The molecule has 0 atom stereocenters. The summed E-state index contributed by atoms with van der Waals surface area (Å²) < 4.78 is 4.57. The molecule has 0 spiro atoms. The van der Waals surface area contributed by atoms with Crippen LogP contribution in [0.25, 0.3) is 33.2 Å². The second kappa shape index (κ2) is 17.9. The average Bonchev–Trinajstić information content (AvgIpc) is 3.51. The van der Waals surface area contributed by atoms with E-state index < -0.39 is 0 Å². The second-order valence-electron chi connectivity index (χ2n) is 5.99. The molecule has 3 heterocycles. The van der Waals surface area contributed by atoms with E-state index >= 15 is 0 Å². The molecule has 1 radical (unpaired) electrons. The van der Waals surface area contributed by atoms with Gasteiger partial charge in [-0.25, -0.2) is 9.89 Å². The fraction of sp³-hybridized carbons (Fsp3) is 0.0417. The fourth-order valence-electron chi connectivity index (χ4n) is 2.81. The molecular formula is C24H18N6O5Re-4. The second-order valence-corrected chi connectivity index (χ2v) is 5.99. The number of hydrogen-bond donors (Lipinski definition) is 0. The molecular weight excluding hydrogens is 639 g/mol. The number of carbonyl (C=O) groups excluding carboxylic acids is 4. The third-order valence-electron chi connectivity index (χ3n) is 4.23. The predicted molar refractivity (Wildman–Crippen MR) is 127 cm³/mol. The number of tetrazole rings is 1. The van der Waals surface area contributed by atoms with Crippen LogP contribution in [0.1, 0.15) is 10.4 Å². The Morgan fingerprint density at radius 2 is 1.28 bits per heavy atom. The molecule has 3 aromatic heterocycles. The van der Waals surface area contributed by atoms with Gasteiger partial charge in [-0.3, -0.25) is 40.8 Å². The van der Waals surface area contributed by atoms with Crippen molar-refractivity contribution in [3.63, 3.8) is 0 Å². The minimum absolute atomic E-state index is 0. The zero-order valence-corrected chi connectivity index (χ0v) is 21.5. The van der Waals surface area contributed by atoms with Crippen molar-refractivity contribution < 1.29 is 44.3 Å². The van der Waals surface area contributed by atoms with Crippen molar-refractivity contribution in [1.82, 2.24) is 30.6 Å². The normalized spacial score (nSPS) is 8.69. The van der Waals surface area contributed by atoms with Gasteiger partial charge >= 0.3 is 5.97 Å². The van der Waals surface area contributed by atoms with E-state index in [1.807, 2.05) is 12.1 Å². The topological polar surface area (TPSA) is 156 Å². The monoisotopic (exact) mass is 657 g/mol. The van der Waals surface area contributed by atoms with E-state index in [1.165, 1.54) is 7.11 Å². The molecule has 5 aromatic rings. The minimum Gasteiger partial charge on any atom is -0.545 e. The van der Waals surface area contributed by atoms with Crippen molar-refractivity contribution in [2.75, 3.05) is 7.11 Å². The van der Waals surface area contributed by atoms with E-state index in [0.717, 1.165) is 27.4 Å². The number of nitrogens with zero attached hydrogens (tertiary/aromatic N) is 6. The van der Waals surface area contributed by atoms with Crippen molar-refractivity contribution in [2.45, 2.75) is 0 Å². The summed E-state index contributed by atoms with van der Waals surface area (Å²) in [5.41, 5.74) is 3.19. The largest absolute Gasteiger partial charge is 0.545 e. The van der Waals surface area contributed by atoms with Crippen molar-refractivity contribution in [1.29, 1.82) is 0 Å². The number of hydrogen-bond acceptors (Lipinski definition) is 10. The van der Waals surface area contributed by atoms with E-state index in [9.17, 15) is 4.79 Å². The predicted octanol–water partition coefficient (Wildman–Crippen LogP) is 2.24. The van der Waals surface area contributed by atoms with Crippen molar-refractivity contribution >= 4 is 48.1 Å². The summed E-state index contributed by atoms with van der Waals surface area (Å²) in [5.74, 6) is 0.0626. The first kappa shape index (κ1) is 31.5. The van der Waals surface area contributed by atoms with Crippen molar-refractivity contribution in [2.24, 2.45) is 0 Å². The summed E-state index contributed by atoms with van der Waals surface area (Å²) in [6.07, 6.45) is 3.60. The van der Waals surface area contributed by atoms with E-state index in [1.54, 1.807) is 36.7 Å². The quantitative estimate of drug-likeness (QED) is 0.119. The standard InChI is InChI=1S/C12H8N2.C9H8N4O2.3CHO.Re/c1-3-9-5-6-10-4-2-8-14-12(10)11(9)13-7-1;1-15-9(14)7-4-2-6(3-5-7)8-10-12-13-11-8;3*1-2;/h1-8H;2-5H,1H3,(H,10,11,12,13,14);3*1H;/q;;3*-1;/p-1. The zero-order valence-electron chi connectivity index (χ0n) is 18.8. The molecule has 185 valence electrons. The molecule has 36 heavy (non-hydrogen) atoms. The van der Waals surface area contributed by atoms with Gasteiger partial charge in [-0.15, -0.1) is 0 Å². The molecule has 0 bridgehead atoms. The SMILES string of the molecule is COC(=O)c1ccc(-c2nn[n-]n2)cc1.[CH-]=O.[CH-]=O.[CH-]=O.[Re].c1cnc2c(c1)ccc1cccnc12. The van der Waals surface area contributed by atoms with Gasteiger partial charge in [0.1, 0.15) is 0 Å². The molecule has 0 saturated heterocycles. The number of rotatable bonds is 2. The number of pyridine rings is 2. The van der Waals surface area contributed by atoms with Crippen LogP contribution in [0.5, 0.6) is 0 Å². The Balaban J connectivity index is 0.000000552. The molecule has 5 rings (SSSR count). The molecule has 0 aliphatic rings. The average molecular weight is 657 g/mol. The maximum atomic E-state index is 11.1. The Morgan fingerprint density at radius 1 is 0.778 bits per heavy atom. The summed E-state index contributed by atoms with van der Waals surface area (Å²) in [6, 6.07) is 18.8. The number of methoxy groups -OCH3 is 1. The van der Waals surface area contributed by atoms with Gasteiger partial charge in [-0.2, -0.15) is 0 Å². The van der Waals surface area contributed by atoms with E-state index in [4.69, 9.17) is 14.4 Å². The maximum absolute atomic E-state index is 11.1. The van der Waals surface area contributed by atoms with E-state index in [-0.39, 0.29) is 26.4 Å². The summed E-state index contributed by atoms with van der Waals surface area (Å²) in [4.78, 5) is 43.1. The van der Waals surface area contributed by atoms with Crippen LogP contribution in [0.3, 0.4) is 0 Å². The van der Waals surface area contributed by atoms with Crippen LogP contribution >= 0.6 is 0 Å². The van der Waals surface area contributed by atoms with Gasteiger partial charge < -0.3 is 24.2 Å². The smallest absolute Gasteiger partial charge is 0.337 e. The van der Waals surface area contributed by atoms with Crippen LogP contribution in [0, 0.1) is 0 Å². The molecule has 11 nitrogen and oxygen atoms in total. The first-order valence-electron chi connectivity index (χ1n) is 9.43. The van der Waals surface area contributed by atoms with Gasteiger partial charge in [-0.05, 0) is 29.8 Å². The maximum Gasteiger partial charge on any atom is 0.337 e. The zero-order chi connectivity index (χ0) is 26.1. The van der Waals surface area contributed by atoms with Gasteiger partial charge in [0, 0.05) is 43.6 Å². The fourth-order valence-corrected chi connectivity index (χ4v) is 2.81. The van der Waals surface area contributed by atoms with Gasteiger partial charge in [0.05, 0.1) is 29.5 Å². The van der Waals surface area contributed by atoms with Crippen LogP contribution in [0.15, 0.2) is 73.1 Å². The molecule has 0 fully saturated rings. The van der Waals surface area contributed by atoms with Crippen molar-refractivity contribution in [3.8, 4) is 11.4 Å². The van der Waals surface area contributed by atoms with E-state index in [0.29, 0.717) is 11.4 Å². The van der Waals surface area contributed by atoms with Crippen LogP contribution in [0.2, 0.25) is 0 Å². The molecule has 0 saturated carbocycles. The molecule has 0 N–H and O–H groups in total. The summed E-state index contributed by atoms with van der Waals surface area (Å²) in [7, 11) is 1.34. The van der Waals surface area contributed by atoms with Gasteiger partial charge in [0.25, 0.3) is 0 Å². The number of esters is 1. The van der Waals surface area contributed by atoms with Crippen LogP contribution in [0.4, 0.5) is 0 Å². The summed E-state index contributed by atoms with van der Waals surface area (Å²) in [5, 5.41) is 16.4. The Hall–Kier alpha value is -4.53. The number of aromatic nitrogens is 6. The van der Waals surface area contributed by atoms with Gasteiger partial charge in [0.2, 0.25) is 0 Å². The molecule has 12 heteroatoms. The summed E-state index contributed by atoms with van der Waals surface area (Å²) in [6.45, 7) is 9.75. The number of ether oxygens (including phenoxy) is 1. The van der Waals surface area contributed by atoms with Gasteiger partial charge in [0.15, 0.2) is 0 Å². The first-order chi connectivity index (χ1) is 17.3. The van der Waals surface area contributed by atoms with Crippen molar-refractivity contribution in [3.05, 3.63) is 78.6 Å². The summed E-state index contributed by atoms with van der Waals surface area (Å²) >= 11 is 0. The van der Waals surface area contributed by atoms with E-state index in [2.05, 4.69) is 80.0 Å². The molecule has 0 aliphatic heterocycles. The Labute approximate surface area is 220 Å². The molecule has 0 unspecified atom stereocenters. The first-order valence-corrected chi connectivity index (χ1v) is 9.43. The van der Waals surface area contributed by atoms with Gasteiger partial charge in [-0.1, -0.05) is 36.4 Å². The van der Waals surface area contributed by atoms with Crippen LogP contribution in [-0.2, 0) is 39.5 Å². The van der Waals surface area contributed by atoms with Crippen LogP contribution < -0.4 is 5.21 Å². The Kier molecular flexibility index (Phi) is 15.6. The minimum atomic E-state index is -0.374. The molecule has 2 aromatic carbocycles. The molecule has 0 amide bonds. The number of fused-ring (bicyclic) bond motifs is 3. The number of carbonyl (C=O) groups is 1. The Morgan fingerprint density at radius 3 is 1.69 bits per heavy atom. The molecule has 0 aliphatic carbocycles. The number of benzene rings is 2. The third-order valence-corrected chi connectivity index (χ3v) is 4.23.